The minimum atomic E-state index is -0.0881. The lowest BCUT2D eigenvalue weighted by Gasteiger charge is -2.49. The molecule has 2 saturated carbocycles. The Bertz CT molecular complexity index is 365. The van der Waals surface area contributed by atoms with Crippen molar-refractivity contribution in [3.63, 3.8) is 0 Å². The lowest BCUT2D eigenvalue weighted by molar-refractivity contribution is -0.140. The van der Waals surface area contributed by atoms with Crippen molar-refractivity contribution in [2.75, 3.05) is 0 Å². The molecule has 0 saturated heterocycles. The van der Waals surface area contributed by atoms with E-state index in [0.29, 0.717) is 17.8 Å². The number of hydrogen-bond acceptors (Lipinski definition) is 2. The van der Waals surface area contributed by atoms with Crippen LogP contribution < -0.4 is 0 Å². The first-order valence-electron chi connectivity index (χ1n) is 5.37. The summed E-state index contributed by atoms with van der Waals surface area (Å²) in [7, 11) is 0. The molecule has 0 aromatic carbocycles. The zero-order valence-electron chi connectivity index (χ0n) is 8.07. The highest BCUT2D eigenvalue weighted by molar-refractivity contribution is 5.89. The van der Waals surface area contributed by atoms with Crippen molar-refractivity contribution < 1.29 is 4.79 Å². The summed E-state index contributed by atoms with van der Waals surface area (Å²) < 4.78 is 0. The van der Waals surface area contributed by atoms with Crippen LogP contribution in [0.2, 0.25) is 0 Å². The van der Waals surface area contributed by atoms with E-state index in [2.05, 4.69) is 12.2 Å². The Morgan fingerprint density at radius 1 is 1.57 bits per heavy atom. The number of allylic oxidation sites excluding steroid dienone is 2. The van der Waals surface area contributed by atoms with Crippen LogP contribution in [0.25, 0.3) is 0 Å². The molecule has 72 valence electrons. The summed E-state index contributed by atoms with van der Waals surface area (Å²) in [5.74, 6) is 1.91. The van der Waals surface area contributed by atoms with Gasteiger partial charge in [-0.15, -0.1) is 0 Å². The maximum atomic E-state index is 12.0. The van der Waals surface area contributed by atoms with Crippen LogP contribution in [-0.2, 0) is 4.79 Å². The highest BCUT2D eigenvalue weighted by Crippen LogP contribution is 2.67. The molecule has 2 bridgehead atoms. The Labute approximate surface area is 83.6 Å². The van der Waals surface area contributed by atoms with Gasteiger partial charge in [0.05, 0.1) is 12.5 Å². The Hall–Kier alpha value is -1.10. The smallest absolute Gasteiger partial charge is 0.153 e. The molecule has 0 radical (unpaired) electrons. The number of nitriles is 1. The fourth-order valence-corrected chi connectivity index (χ4v) is 3.88. The number of hydrogen-bond donors (Lipinski definition) is 0. The largest absolute Gasteiger partial charge is 0.298 e. The predicted molar refractivity (Wildman–Crippen MR) is 51.1 cm³/mol. The summed E-state index contributed by atoms with van der Waals surface area (Å²) in [5.41, 5.74) is -0.0881. The molecule has 0 aromatic rings. The van der Waals surface area contributed by atoms with Crippen LogP contribution in [0.1, 0.15) is 25.7 Å². The van der Waals surface area contributed by atoms with Gasteiger partial charge in [-0.25, -0.2) is 0 Å². The first-order chi connectivity index (χ1) is 6.79. The van der Waals surface area contributed by atoms with Gasteiger partial charge in [0.1, 0.15) is 0 Å². The first-order valence-corrected chi connectivity index (χ1v) is 5.37. The first kappa shape index (κ1) is 8.23. The highest BCUT2D eigenvalue weighted by Gasteiger charge is 2.64. The Kier molecular flexibility index (Phi) is 1.45. The van der Waals surface area contributed by atoms with Crippen molar-refractivity contribution in [2.24, 2.45) is 23.2 Å². The van der Waals surface area contributed by atoms with E-state index in [4.69, 9.17) is 5.26 Å². The van der Waals surface area contributed by atoms with E-state index in [1.807, 2.05) is 6.07 Å². The van der Waals surface area contributed by atoms with E-state index in [1.165, 1.54) is 12.8 Å². The molecule has 2 nitrogen and oxygen atoms in total. The second-order valence-corrected chi connectivity index (χ2v) is 4.83. The third-order valence-electron chi connectivity index (χ3n) is 4.58. The minimum Gasteiger partial charge on any atom is -0.298 e. The van der Waals surface area contributed by atoms with Crippen molar-refractivity contribution in [3.8, 4) is 6.07 Å². The van der Waals surface area contributed by atoms with Crippen LogP contribution >= 0.6 is 0 Å². The third-order valence-corrected chi connectivity index (χ3v) is 4.58. The summed E-state index contributed by atoms with van der Waals surface area (Å²) in [6.07, 6.45) is 8.02. The Morgan fingerprint density at radius 3 is 3.00 bits per heavy atom. The number of nitrogens with zero attached hydrogens (tertiary/aromatic N) is 1. The minimum absolute atomic E-state index is 0.0881. The second kappa shape index (κ2) is 2.48. The average Bonchev–Trinajstić information content (AvgIpc) is 2.59. The fraction of sp³-hybridized carbons (Fsp3) is 0.667. The molecule has 3 rings (SSSR count). The van der Waals surface area contributed by atoms with Gasteiger partial charge < -0.3 is 0 Å². The maximum Gasteiger partial charge on any atom is 0.153 e. The van der Waals surface area contributed by atoms with Crippen LogP contribution in [-0.4, -0.2) is 5.78 Å². The summed E-state index contributed by atoms with van der Waals surface area (Å²) in [4.78, 5) is 12.0. The molecule has 3 aliphatic rings. The topological polar surface area (TPSA) is 40.9 Å². The van der Waals surface area contributed by atoms with E-state index in [9.17, 15) is 4.79 Å². The van der Waals surface area contributed by atoms with Crippen LogP contribution in [0.5, 0.6) is 0 Å². The zero-order chi connectivity index (χ0) is 9.76. The van der Waals surface area contributed by atoms with Crippen molar-refractivity contribution >= 4 is 5.78 Å². The monoisotopic (exact) mass is 187 g/mol. The number of carbonyl (C=O) groups is 1. The third kappa shape index (κ3) is 0.706. The van der Waals surface area contributed by atoms with E-state index in [0.717, 1.165) is 6.42 Å². The summed E-state index contributed by atoms with van der Waals surface area (Å²) in [6.45, 7) is 0. The summed E-state index contributed by atoms with van der Waals surface area (Å²) in [6, 6.07) is 2.01. The molecule has 0 heterocycles. The van der Waals surface area contributed by atoms with Gasteiger partial charge in [0.15, 0.2) is 5.78 Å². The van der Waals surface area contributed by atoms with Gasteiger partial charge in [-0.3, -0.25) is 4.79 Å². The van der Waals surface area contributed by atoms with Crippen molar-refractivity contribution in [2.45, 2.75) is 25.7 Å². The van der Waals surface area contributed by atoms with Crippen LogP contribution in [0, 0.1) is 34.5 Å². The van der Waals surface area contributed by atoms with Crippen LogP contribution in [0.3, 0.4) is 0 Å². The Balaban J connectivity index is 1.95. The average molecular weight is 187 g/mol. The molecule has 0 aromatic heterocycles. The van der Waals surface area contributed by atoms with E-state index < -0.39 is 0 Å². The molecule has 2 heteroatoms. The molecule has 4 atom stereocenters. The molecule has 3 aliphatic carbocycles. The maximum absolute atomic E-state index is 12.0. The number of Topliss-reactive ketones (excluding diaryl/α,β-unsaturated/α-hetero) is 1. The SMILES string of the molecule is N#CCC(=O)[C@]12CC[C@H]1[C@@H]1C=C[C@H]2C1. The lowest BCUT2D eigenvalue weighted by atomic mass is 9.53. The number of carbonyl (C=O) groups excluding carboxylic acids is 1. The highest BCUT2D eigenvalue weighted by atomic mass is 16.1. The molecule has 2 fully saturated rings. The van der Waals surface area contributed by atoms with Crippen molar-refractivity contribution in [1.29, 1.82) is 5.26 Å². The van der Waals surface area contributed by atoms with E-state index in [1.54, 1.807) is 0 Å². The van der Waals surface area contributed by atoms with E-state index in [-0.39, 0.29) is 17.6 Å². The molecule has 0 spiro atoms. The molecule has 0 aliphatic heterocycles. The van der Waals surface area contributed by atoms with Crippen LogP contribution in [0.15, 0.2) is 12.2 Å². The second-order valence-electron chi connectivity index (χ2n) is 4.83. The molecular weight excluding hydrogens is 174 g/mol. The van der Waals surface area contributed by atoms with Crippen molar-refractivity contribution in [1.82, 2.24) is 0 Å². The van der Waals surface area contributed by atoms with E-state index >= 15 is 0 Å². The van der Waals surface area contributed by atoms with Crippen LogP contribution in [0.4, 0.5) is 0 Å². The normalized spacial score (nSPS) is 46.9. The number of fused-ring (bicyclic) bond motifs is 5. The molecule has 14 heavy (non-hydrogen) atoms. The summed E-state index contributed by atoms with van der Waals surface area (Å²) in [5, 5.41) is 8.60. The van der Waals surface area contributed by atoms with Gasteiger partial charge in [0, 0.05) is 5.41 Å². The standard InChI is InChI=1S/C12H13NO/c13-6-4-11(14)12-5-3-10(12)8-1-2-9(12)7-8/h1-2,8-10H,3-5,7H2/t8-,9+,10+,12+/m1/s1. The fourth-order valence-electron chi connectivity index (χ4n) is 3.88. The van der Waals surface area contributed by atoms with Gasteiger partial charge >= 0.3 is 0 Å². The van der Waals surface area contributed by atoms with Gasteiger partial charge in [0.2, 0.25) is 0 Å². The quantitative estimate of drug-likeness (QED) is 0.621. The lowest BCUT2D eigenvalue weighted by Crippen LogP contribution is -2.49. The predicted octanol–water partition coefficient (Wildman–Crippen LogP) is 2.07. The Morgan fingerprint density at radius 2 is 2.43 bits per heavy atom. The molecule has 0 amide bonds. The molecule has 0 unspecified atom stereocenters. The van der Waals surface area contributed by atoms with Gasteiger partial charge in [0.25, 0.3) is 0 Å². The number of rotatable bonds is 2. The zero-order valence-corrected chi connectivity index (χ0v) is 8.07. The summed E-state index contributed by atoms with van der Waals surface area (Å²) >= 11 is 0. The van der Waals surface area contributed by atoms with Crippen molar-refractivity contribution in [3.05, 3.63) is 12.2 Å². The molecular formula is C12H13NO. The number of ketones is 1. The van der Waals surface area contributed by atoms with Gasteiger partial charge in [-0.05, 0) is 37.0 Å². The van der Waals surface area contributed by atoms with Gasteiger partial charge in [-0.1, -0.05) is 12.2 Å². The molecule has 0 N–H and O–H groups in total. The van der Waals surface area contributed by atoms with Gasteiger partial charge in [-0.2, -0.15) is 5.26 Å².